The molecule has 0 aliphatic heterocycles. The van der Waals surface area contributed by atoms with E-state index in [1.807, 2.05) is 49.4 Å². The van der Waals surface area contributed by atoms with Gasteiger partial charge in [0.1, 0.15) is 0 Å². The first-order valence-electron chi connectivity index (χ1n) is 9.38. The predicted molar refractivity (Wildman–Crippen MR) is 112 cm³/mol. The Balaban J connectivity index is 1.74. The summed E-state index contributed by atoms with van der Waals surface area (Å²) >= 11 is 0. The summed E-state index contributed by atoms with van der Waals surface area (Å²) in [7, 11) is 0. The van der Waals surface area contributed by atoms with Gasteiger partial charge in [0, 0.05) is 17.8 Å². The van der Waals surface area contributed by atoms with Gasteiger partial charge in [-0.1, -0.05) is 48.5 Å². The topological polar surface area (TPSA) is 76.9 Å². The van der Waals surface area contributed by atoms with Gasteiger partial charge in [-0.2, -0.15) is 5.10 Å². The molecule has 0 saturated heterocycles. The molecular formula is C23H20N4O2. The zero-order chi connectivity index (χ0) is 20.2. The Morgan fingerprint density at radius 3 is 2.34 bits per heavy atom. The molecule has 144 valence electrons. The van der Waals surface area contributed by atoms with E-state index in [9.17, 15) is 9.59 Å². The van der Waals surface area contributed by atoms with Gasteiger partial charge in [-0.25, -0.2) is 4.68 Å². The summed E-state index contributed by atoms with van der Waals surface area (Å²) in [6, 6.07) is 20.1. The molecule has 0 bridgehead atoms. The molecule has 0 fully saturated rings. The van der Waals surface area contributed by atoms with Gasteiger partial charge < -0.3 is 5.32 Å². The highest BCUT2D eigenvalue weighted by Gasteiger charge is 2.19. The molecule has 4 rings (SSSR count). The molecule has 2 aromatic heterocycles. The van der Waals surface area contributed by atoms with Crippen molar-refractivity contribution in [2.24, 2.45) is 0 Å². The third-order valence-corrected chi connectivity index (χ3v) is 4.81. The Morgan fingerprint density at radius 2 is 1.62 bits per heavy atom. The van der Waals surface area contributed by atoms with E-state index in [1.165, 1.54) is 4.68 Å². The molecule has 0 aliphatic rings. The van der Waals surface area contributed by atoms with Gasteiger partial charge in [0.15, 0.2) is 5.69 Å². The van der Waals surface area contributed by atoms with Crippen molar-refractivity contribution in [1.29, 1.82) is 0 Å². The fourth-order valence-corrected chi connectivity index (χ4v) is 3.27. The van der Waals surface area contributed by atoms with Crippen LogP contribution in [-0.2, 0) is 6.54 Å². The van der Waals surface area contributed by atoms with Gasteiger partial charge in [-0.05, 0) is 36.2 Å². The van der Waals surface area contributed by atoms with Gasteiger partial charge in [0.2, 0.25) is 0 Å². The summed E-state index contributed by atoms with van der Waals surface area (Å²) in [5, 5.41) is 8.41. The summed E-state index contributed by atoms with van der Waals surface area (Å²) in [5.41, 5.74) is 1.89. The number of nitrogens with one attached hydrogen (secondary N) is 1. The Kier molecular flexibility index (Phi) is 5.16. The zero-order valence-electron chi connectivity index (χ0n) is 15.9. The minimum atomic E-state index is -0.327. The first kappa shape index (κ1) is 18.6. The number of amides is 1. The normalized spacial score (nSPS) is 11.9. The molecule has 0 saturated carbocycles. The van der Waals surface area contributed by atoms with Crippen molar-refractivity contribution in [1.82, 2.24) is 20.1 Å². The number of pyridine rings is 1. The number of carbonyl (C=O) groups is 1. The molecule has 1 amide bonds. The van der Waals surface area contributed by atoms with Crippen molar-refractivity contribution in [3.05, 3.63) is 106 Å². The molecule has 1 N–H and O–H groups in total. The minimum Gasteiger partial charge on any atom is -0.344 e. The van der Waals surface area contributed by atoms with E-state index in [0.717, 1.165) is 11.1 Å². The first-order valence-corrected chi connectivity index (χ1v) is 9.38. The molecule has 0 spiro atoms. The number of rotatable bonds is 5. The molecule has 0 aliphatic carbocycles. The Bertz CT molecular complexity index is 1200. The van der Waals surface area contributed by atoms with Gasteiger partial charge >= 0.3 is 0 Å². The molecule has 4 aromatic rings. The lowest BCUT2D eigenvalue weighted by Crippen LogP contribution is -2.32. The van der Waals surface area contributed by atoms with Crippen molar-refractivity contribution < 1.29 is 4.79 Å². The van der Waals surface area contributed by atoms with Crippen LogP contribution in [0.3, 0.4) is 0 Å². The van der Waals surface area contributed by atoms with Crippen molar-refractivity contribution in [2.45, 2.75) is 19.5 Å². The van der Waals surface area contributed by atoms with Gasteiger partial charge in [0.05, 0.1) is 18.0 Å². The monoisotopic (exact) mass is 384 g/mol. The lowest BCUT2D eigenvalue weighted by molar-refractivity contribution is 0.0934. The lowest BCUT2D eigenvalue weighted by atomic mass is 10.1. The van der Waals surface area contributed by atoms with Crippen molar-refractivity contribution in [3.8, 4) is 0 Å². The molecule has 0 radical (unpaired) electrons. The summed E-state index contributed by atoms with van der Waals surface area (Å²) in [6.45, 7) is 2.19. The van der Waals surface area contributed by atoms with E-state index < -0.39 is 0 Å². The molecule has 1 atom stereocenters. The number of aromatic nitrogens is 3. The molecule has 29 heavy (non-hydrogen) atoms. The van der Waals surface area contributed by atoms with Crippen LogP contribution in [0.15, 0.2) is 83.9 Å². The van der Waals surface area contributed by atoms with E-state index in [1.54, 1.807) is 36.7 Å². The van der Waals surface area contributed by atoms with Crippen LogP contribution >= 0.6 is 0 Å². The minimum absolute atomic E-state index is 0.219. The maximum atomic E-state index is 13.1. The van der Waals surface area contributed by atoms with Gasteiger partial charge in [0.25, 0.3) is 11.5 Å². The number of benzene rings is 2. The van der Waals surface area contributed by atoms with Gasteiger partial charge in [-0.15, -0.1) is 0 Å². The maximum Gasteiger partial charge on any atom is 0.274 e. The fraction of sp³-hybridized carbons (Fsp3) is 0.130. The van der Waals surface area contributed by atoms with E-state index in [4.69, 9.17) is 0 Å². The summed E-state index contributed by atoms with van der Waals surface area (Å²) < 4.78 is 1.35. The van der Waals surface area contributed by atoms with Crippen LogP contribution in [0.4, 0.5) is 0 Å². The lowest BCUT2D eigenvalue weighted by Gasteiger charge is -2.16. The van der Waals surface area contributed by atoms with Crippen LogP contribution in [0.5, 0.6) is 0 Å². The van der Waals surface area contributed by atoms with Gasteiger partial charge in [-0.3, -0.25) is 14.6 Å². The number of nitrogens with zero attached hydrogens (tertiary/aromatic N) is 3. The van der Waals surface area contributed by atoms with Crippen molar-refractivity contribution >= 4 is 16.7 Å². The molecule has 6 nitrogen and oxygen atoms in total. The molecule has 2 aromatic carbocycles. The molecule has 2 heterocycles. The maximum absolute atomic E-state index is 13.1. The second-order valence-corrected chi connectivity index (χ2v) is 6.82. The standard InChI is InChI=1S/C23H20N4O2/c1-16(18-11-13-24-14-12-18)25-22(28)21-19-9-5-6-10-20(19)23(29)27(26-21)15-17-7-3-2-4-8-17/h2-14,16H,15H2,1H3,(H,25,28)/t16-/m1/s1. The molecule has 6 heteroatoms. The van der Waals surface area contributed by atoms with E-state index in [-0.39, 0.29) is 23.2 Å². The number of hydrogen-bond donors (Lipinski definition) is 1. The summed E-state index contributed by atoms with van der Waals surface area (Å²) in [5.74, 6) is -0.327. The Hall–Kier alpha value is -3.80. The van der Waals surface area contributed by atoms with Crippen molar-refractivity contribution in [3.63, 3.8) is 0 Å². The highest BCUT2D eigenvalue weighted by atomic mass is 16.2. The highest BCUT2D eigenvalue weighted by molar-refractivity contribution is 6.04. The van der Waals surface area contributed by atoms with E-state index in [0.29, 0.717) is 17.3 Å². The van der Waals surface area contributed by atoms with Crippen LogP contribution in [0.1, 0.15) is 34.6 Å². The third kappa shape index (κ3) is 3.91. The van der Waals surface area contributed by atoms with Crippen LogP contribution in [0, 0.1) is 0 Å². The quantitative estimate of drug-likeness (QED) is 0.573. The van der Waals surface area contributed by atoms with Crippen LogP contribution in [-0.4, -0.2) is 20.7 Å². The third-order valence-electron chi connectivity index (χ3n) is 4.81. The zero-order valence-corrected chi connectivity index (χ0v) is 15.9. The fourth-order valence-electron chi connectivity index (χ4n) is 3.27. The summed E-state index contributed by atoms with van der Waals surface area (Å²) in [4.78, 5) is 30.0. The average molecular weight is 384 g/mol. The van der Waals surface area contributed by atoms with E-state index >= 15 is 0 Å². The van der Waals surface area contributed by atoms with Crippen LogP contribution < -0.4 is 10.9 Å². The predicted octanol–water partition coefficient (Wildman–Crippen LogP) is 3.33. The number of fused-ring (bicyclic) bond motifs is 1. The average Bonchev–Trinajstić information content (AvgIpc) is 2.77. The van der Waals surface area contributed by atoms with Crippen molar-refractivity contribution in [2.75, 3.05) is 0 Å². The van der Waals surface area contributed by atoms with Crippen LogP contribution in [0.2, 0.25) is 0 Å². The second-order valence-electron chi connectivity index (χ2n) is 6.82. The SMILES string of the molecule is C[C@@H](NC(=O)c1nn(Cc2ccccc2)c(=O)c2ccccc12)c1ccncc1. The Labute approximate surface area is 167 Å². The second kappa shape index (κ2) is 8.06. The van der Waals surface area contributed by atoms with Crippen LogP contribution in [0.25, 0.3) is 10.8 Å². The number of hydrogen-bond acceptors (Lipinski definition) is 4. The Morgan fingerprint density at radius 1 is 0.966 bits per heavy atom. The van der Waals surface area contributed by atoms with E-state index in [2.05, 4.69) is 15.4 Å². The molecular weight excluding hydrogens is 364 g/mol. The largest absolute Gasteiger partial charge is 0.344 e. The number of carbonyl (C=O) groups excluding carboxylic acids is 1. The summed E-state index contributed by atoms with van der Waals surface area (Å²) in [6.07, 6.45) is 3.37. The highest BCUT2D eigenvalue weighted by Crippen LogP contribution is 2.16. The molecule has 0 unspecified atom stereocenters. The first-order chi connectivity index (χ1) is 14.1. The smallest absolute Gasteiger partial charge is 0.274 e.